The molecular formula is C20H23NO3. The van der Waals surface area contributed by atoms with Crippen LogP contribution in [0.2, 0.25) is 0 Å². The summed E-state index contributed by atoms with van der Waals surface area (Å²) in [6, 6.07) is 14.2. The van der Waals surface area contributed by atoms with Crippen LogP contribution in [0, 0.1) is 0 Å². The first kappa shape index (κ1) is 16.4. The molecule has 0 aliphatic carbocycles. The van der Waals surface area contributed by atoms with E-state index in [1.807, 2.05) is 25.1 Å². The molecule has 0 bridgehead atoms. The minimum atomic E-state index is -0.0607. The van der Waals surface area contributed by atoms with Crippen molar-refractivity contribution in [3.05, 3.63) is 59.2 Å². The van der Waals surface area contributed by atoms with Gasteiger partial charge in [0.25, 0.3) is 0 Å². The standard InChI is InChI=1S/C20H23NO3/c1-3-15-4-6-16(7-5-15)8-11-20(22)21-14(2)17-9-10-18-19(12-17)24-13-23-18/h4-7,9-10,12,14H,3,8,11,13H2,1-2H3,(H,21,22). The van der Waals surface area contributed by atoms with Gasteiger partial charge in [-0.05, 0) is 48.6 Å². The molecule has 126 valence electrons. The summed E-state index contributed by atoms with van der Waals surface area (Å²) in [7, 11) is 0. The molecule has 1 heterocycles. The van der Waals surface area contributed by atoms with Crippen molar-refractivity contribution in [3.63, 3.8) is 0 Å². The molecule has 1 aliphatic rings. The van der Waals surface area contributed by atoms with Gasteiger partial charge in [-0.25, -0.2) is 0 Å². The maximum absolute atomic E-state index is 12.2. The highest BCUT2D eigenvalue weighted by Crippen LogP contribution is 2.34. The molecular weight excluding hydrogens is 302 g/mol. The number of ether oxygens (including phenoxy) is 2. The van der Waals surface area contributed by atoms with Gasteiger partial charge < -0.3 is 14.8 Å². The van der Waals surface area contributed by atoms with Crippen LogP contribution in [-0.4, -0.2) is 12.7 Å². The quantitative estimate of drug-likeness (QED) is 0.879. The lowest BCUT2D eigenvalue weighted by molar-refractivity contribution is -0.121. The second-order valence-corrected chi connectivity index (χ2v) is 6.07. The zero-order valence-corrected chi connectivity index (χ0v) is 14.2. The molecule has 0 fully saturated rings. The fraction of sp³-hybridized carbons (Fsp3) is 0.350. The van der Waals surface area contributed by atoms with Gasteiger partial charge in [0, 0.05) is 6.42 Å². The fourth-order valence-electron chi connectivity index (χ4n) is 2.78. The Bertz CT molecular complexity index is 709. The molecule has 1 unspecified atom stereocenters. The minimum absolute atomic E-state index is 0.0553. The Morgan fingerprint density at radius 1 is 1.08 bits per heavy atom. The van der Waals surface area contributed by atoms with Crippen molar-refractivity contribution in [1.82, 2.24) is 5.32 Å². The van der Waals surface area contributed by atoms with Gasteiger partial charge >= 0.3 is 0 Å². The predicted octanol–water partition coefficient (Wildman–Crippen LogP) is 3.79. The van der Waals surface area contributed by atoms with Crippen LogP contribution in [-0.2, 0) is 17.6 Å². The van der Waals surface area contributed by atoms with E-state index in [2.05, 4.69) is 36.5 Å². The van der Waals surface area contributed by atoms with Gasteiger partial charge in [-0.2, -0.15) is 0 Å². The van der Waals surface area contributed by atoms with Gasteiger partial charge in [-0.15, -0.1) is 0 Å². The van der Waals surface area contributed by atoms with Crippen LogP contribution in [0.1, 0.15) is 43.0 Å². The first-order chi connectivity index (χ1) is 11.7. The molecule has 1 amide bonds. The summed E-state index contributed by atoms with van der Waals surface area (Å²) >= 11 is 0. The van der Waals surface area contributed by atoms with Gasteiger partial charge in [0.05, 0.1) is 6.04 Å². The number of rotatable bonds is 6. The molecule has 2 aromatic carbocycles. The summed E-state index contributed by atoms with van der Waals surface area (Å²) in [4.78, 5) is 12.2. The molecule has 3 rings (SSSR count). The number of carbonyl (C=O) groups excluding carboxylic acids is 1. The summed E-state index contributed by atoms with van der Waals surface area (Å²) in [6.45, 7) is 4.38. The van der Waals surface area contributed by atoms with Crippen LogP contribution in [0.15, 0.2) is 42.5 Å². The van der Waals surface area contributed by atoms with Crippen LogP contribution in [0.3, 0.4) is 0 Å². The molecule has 0 radical (unpaired) electrons. The topological polar surface area (TPSA) is 47.6 Å². The first-order valence-electron chi connectivity index (χ1n) is 8.42. The molecule has 1 aliphatic heterocycles. The number of aryl methyl sites for hydroxylation is 2. The van der Waals surface area contributed by atoms with Gasteiger partial charge in [0.1, 0.15) is 0 Å². The number of nitrogens with one attached hydrogen (secondary N) is 1. The Morgan fingerprint density at radius 3 is 2.54 bits per heavy atom. The molecule has 4 heteroatoms. The average Bonchev–Trinajstić information content (AvgIpc) is 3.08. The summed E-state index contributed by atoms with van der Waals surface area (Å²) < 4.78 is 10.7. The highest BCUT2D eigenvalue weighted by Gasteiger charge is 2.16. The monoisotopic (exact) mass is 325 g/mol. The van der Waals surface area contributed by atoms with E-state index in [0.29, 0.717) is 6.42 Å². The van der Waals surface area contributed by atoms with E-state index < -0.39 is 0 Å². The first-order valence-corrected chi connectivity index (χ1v) is 8.42. The Labute approximate surface area is 142 Å². The van der Waals surface area contributed by atoms with Gasteiger partial charge in [0.2, 0.25) is 12.7 Å². The van der Waals surface area contributed by atoms with Gasteiger partial charge in [-0.1, -0.05) is 37.3 Å². The molecule has 24 heavy (non-hydrogen) atoms. The van der Waals surface area contributed by atoms with Gasteiger partial charge in [0.15, 0.2) is 11.5 Å². The van der Waals surface area contributed by atoms with Crippen LogP contribution in [0.4, 0.5) is 0 Å². The number of amides is 1. The molecule has 0 spiro atoms. The summed E-state index contributed by atoms with van der Waals surface area (Å²) in [5, 5.41) is 3.04. The van der Waals surface area contributed by atoms with E-state index in [1.54, 1.807) is 0 Å². The second-order valence-electron chi connectivity index (χ2n) is 6.07. The van der Waals surface area contributed by atoms with Gasteiger partial charge in [-0.3, -0.25) is 4.79 Å². The fourth-order valence-corrected chi connectivity index (χ4v) is 2.78. The van der Waals surface area contributed by atoms with E-state index in [1.165, 1.54) is 11.1 Å². The predicted molar refractivity (Wildman–Crippen MR) is 93.3 cm³/mol. The Kier molecular flexibility index (Phi) is 5.04. The van der Waals surface area contributed by atoms with Crippen molar-refractivity contribution < 1.29 is 14.3 Å². The SMILES string of the molecule is CCc1ccc(CCC(=O)NC(C)c2ccc3c(c2)OCO3)cc1. The van der Waals surface area contributed by atoms with Crippen molar-refractivity contribution in [2.24, 2.45) is 0 Å². The molecule has 0 saturated heterocycles. The van der Waals surface area contributed by atoms with Crippen LogP contribution in [0.25, 0.3) is 0 Å². The lowest BCUT2D eigenvalue weighted by Gasteiger charge is -2.15. The molecule has 0 aromatic heterocycles. The molecule has 4 nitrogen and oxygen atoms in total. The summed E-state index contributed by atoms with van der Waals surface area (Å²) in [5.41, 5.74) is 3.53. The number of benzene rings is 2. The maximum Gasteiger partial charge on any atom is 0.231 e. The molecule has 0 saturated carbocycles. The smallest absolute Gasteiger partial charge is 0.231 e. The van der Waals surface area contributed by atoms with E-state index >= 15 is 0 Å². The van der Waals surface area contributed by atoms with E-state index in [-0.39, 0.29) is 18.7 Å². The maximum atomic E-state index is 12.2. The van der Waals surface area contributed by atoms with Crippen LogP contribution >= 0.6 is 0 Å². The molecule has 2 aromatic rings. The van der Waals surface area contributed by atoms with Crippen molar-refractivity contribution in [3.8, 4) is 11.5 Å². The normalized spacial score (nSPS) is 13.6. The Hall–Kier alpha value is -2.49. The van der Waals surface area contributed by atoms with E-state index in [9.17, 15) is 4.79 Å². The van der Waals surface area contributed by atoms with Crippen molar-refractivity contribution >= 4 is 5.91 Å². The third kappa shape index (κ3) is 3.88. The molecule has 1 N–H and O–H groups in total. The third-order valence-electron chi connectivity index (χ3n) is 4.35. The second kappa shape index (κ2) is 7.39. The van der Waals surface area contributed by atoms with Crippen LogP contribution in [0.5, 0.6) is 11.5 Å². The highest BCUT2D eigenvalue weighted by molar-refractivity contribution is 5.76. The van der Waals surface area contributed by atoms with E-state index in [0.717, 1.165) is 29.9 Å². The number of hydrogen-bond donors (Lipinski definition) is 1. The Balaban J connectivity index is 1.52. The minimum Gasteiger partial charge on any atom is -0.454 e. The Morgan fingerprint density at radius 2 is 1.79 bits per heavy atom. The lowest BCUT2D eigenvalue weighted by Crippen LogP contribution is -2.26. The number of hydrogen-bond acceptors (Lipinski definition) is 3. The van der Waals surface area contributed by atoms with Crippen molar-refractivity contribution in [1.29, 1.82) is 0 Å². The summed E-state index contributed by atoms with van der Waals surface area (Å²) in [5.74, 6) is 1.55. The highest BCUT2D eigenvalue weighted by atomic mass is 16.7. The number of fused-ring (bicyclic) bond motifs is 1. The van der Waals surface area contributed by atoms with E-state index in [4.69, 9.17) is 9.47 Å². The van der Waals surface area contributed by atoms with Crippen LogP contribution < -0.4 is 14.8 Å². The zero-order chi connectivity index (χ0) is 16.9. The number of carbonyl (C=O) groups is 1. The van der Waals surface area contributed by atoms with Crippen molar-refractivity contribution in [2.75, 3.05) is 6.79 Å². The van der Waals surface area contributed by atoms with Crippen molar-refractivity contribution in [2.45, 2.75) is 39.2 Å². The molecule has 1 atom stereocenters. The zero-order valence-electron chi connectivity index (χ0n) is 14.2. The summed E-state index contributed by atoms with van der Waals surface area (Å²) in [6.07, 6.45) is 2.28. The lowest BCUT2D eigenvalue weighted by atomic mass is 10.0. The third-order valence-corrected chi connectivity index (χ3v) is 4.35. The average molecular weight is 325 g/mol. The largest absolute Gasteiger partial charge is 0.454 e.